The van der Waals surface area contributed by atoms with Crippen LogP contribution in [0.1, 0.15) is 49.4 Å². The Balaban J connectivity index is 1.29. The second-order valence-electron chi connectivity index (χ2n) is 10.3. The van der Waals surface area contributed by atoms with Gasteiger partial charge in [0.1, 0.15) is 15.5 Å². The van der Waals surface area contributed by atoms with Crippen molar-refractivity contribution in [1.29, 1.82) is 0 Å². The van der Waals surface area contributed by atoms with E-state index in [9.17, 15) is 26.8 Å². The molecule has 2 saturated heterocycles. The molecule has 2 amide bonds. The minimum Gasteiger partial charge on any atom is -0.350 e. The van der Waals surface area contributed by atoms with Gasteiger partial charge in [0.15, 0.2) is 0 Å². The Labute approximate surface area is 214 Å². The molecule has 5 rings (SSSR count). The Morgan fingerprint density at radius 3 is 2.51 bits per heavy atom. The standard InChI is InChI=1S/C26H30F2N4O4S/c1-17-14-19(24(33)30-21-5-12-37(35,36)13-6-21)2-3-22(17)32-9-4-18-15-20(16-29-23(18)32)25(34)31-10-7-26(27,28)8-11-31/h2-4,9,15-17,21H,5-8,10-14H2,1H3,(H,30,33). The van der Waals surface area contributed by atoms with E-state index in [0.717, 1.165) is 11.1 Å². The lowest BCUT2D eigenvalue weighted by Gasteiger charge is -2.31. The minimum absolute atomic E-state index is 0.0196. The SMILES string of the molecule is CC1CC(C(=O)NC2CCS(=O)(=O)CC2)=CC=C1n1ccc2cc(C(=O)N3CCC(F)(F)CC3)cnc21. The smallest absolute Gasteiger partial charge is 0.255 e. The number of sulfone groups is 1. The maximum Gasteiger partial charge on any atom is 0.255 e. The van der Waals surface area contributed by atoms with Gasteiger partial charge in [-0.1, -0.05) is 13.0 Å². The number of alkyl halides is 2. The average Bonchev–Trinajstić information content (AvgIpc) is 3.28. The highest BCUT2D eigenvalue weighted by atomic mass is 32.2. The van der Waals surface area contributed by atoms with Gasteiger partial charge in [-0.3, -0.25) is 9.59 Å². The Kier molecular flexibility index (Phi) is 6.68. The summed E-state index contributed by atoms with van der Waals surface area (Å²) in [6.07, 6.45) is 7.79. The van der Waals surface area contributed by atoms with Crippen molar-refractivity contribution in [3.05, 3.63) is 47.8 Å². The van der Waals surface area contributed by atoms with Crippen molar-refractivity contribution >= 4 is 38.4 Å². The highest BCUT2D eigenvalue weighted by Gasteiger charge is 2.36. The molecule has 8 nitrogen and oxygen atoms in total. The molecule has 0 saturated carbocycles. The maximum absolute atomic E-state index is 13.5. The second kappa shape index (κ2) is 9.66. The summed E-state index contributed by atoms with van der Waals surface area (Å²) in [5.41, 5.74) is 2.65. The van der Waals surface area contributed by atoms with Crippen LogP contribution in [0.25, 0.3) is 16.7 Å². The molecule has 0 radical (unpaired) electrons. The predicted octanol–water partition coefficient (Wildman–Crippen LogP) is 3.41. The topological polar surface area (TPSA) is 101 Å². The van der Waals surface area contributed by atoms with E-state index >= 15 is 0 Å². The Hall–Kier alpha value is -3.08. The first-order valence-electron chi connectivity index (χ1n) is 12.6. The van der Waals surface area contributed by atoms with Gasteiger partial charge in [-0.2, -0.15) is 0 Å². The first kappa shape index (κ1) is 25.6. The van der Waals surface area contributed by atoms with Crippen molar-refractivity contribution in [2.24, 2.45) is 5.92 Å². The number of aromatic nitrogens is 2. The van der Waals surface area contributed by atoms with E-state index in [1.165, 1.54) is 11.1 Å². The van der Waals surface area contributed by atoms with E-state index in [1.807, 2.05) is 29.8 Å². The predicted molar refractivity (Wildman–Crippen MR) is 136 cm³/mol. The van der Waals surface area contributed by atoms with Crippen molar-refractivity contribution in [3.8, 4) is 0 Å². The lowest BCUT2D eigenvalue weighted by atomic mass is 9.91. The van der Waals surface area contributed by atoms with Crippen molar-refractivity contribution < 1.29 is 26.8 Å². The van der Waals surface area contributed by atoms with Gasteiger partial charge >= 0.3 is 0 Å². The number of allylic oxidation sites excluding steroid dienone is 3. The van der Waals surface area contributed by atoms with E-state index in [0.29, 0.717) is 36.0 Å². The Bertz CT molecular complexity index is 1390. The fourth-order valence-electron chi connectivity index (χ4n) is 5.22. The number of amides is 2. The first-order valence-corrected chi connectivity index (χ1v) is 14.4. The summed E-state index contributed by atoms with van der Waals surface area (Å²) in [6, 6.07) is 3.47. The van der Waals surface area contributed by atoms with Crippen LogP contribution in [0.4, 0.5) is 8.78 Å². The highest BCUT2D eigenvalue weighted by molar-refractivity contribution is 7.91. The molecular formula is C26H30F2N4O4S. The summed E-state index contributed by atoms with van der Waals surface area (Å²) in [5, 5.41) is 3.74. The number of carbonyl (C=O) groups excluding carboxylic acids is 2. The highest BCUT2D eigenvalue weighted by Crippen LogP contribution is 2.32. The summed E-state index contributed by atoms with van der Waals surface area (Å²) in [4.78, 5) is 31.6. The van der Waals surface area contributed by atoms with Crippen molar-refractivity contribution in [2.75, 3.05) is 24.6 Å². The molecule has 11 heteroatoms. The summed E-state index contributed by atoms with van der Waals surface area (Å²) >= 11 is 0. The minimum atomic E-state index is -2.99. The summed E-state index contributed by atoms with van der Waals surface area (Å²) in [6.45, 7) is 2.07. The van der Waals surface area contributed by atoms with Crippen molar-refractivity contribution in [1.82, 2.24) is 19.8 Å². The van der Waals surface area contributed by atoms with Gasteiger partial charge < -0.3 is 14.8 Å². The van der Waals surface area contributed by atoms with Crippen LogP contribution in [0, 0.1) is 5.92 Å². The Morgan fingerprint density at radius 1 is 1.14 bits per heavy atom. The van der Waals surface area contributed by atoms with Crippen molar-refractivity contribution in [2.45, 2.75) is 51.0 Å². The van der Waals surface area contributed by atoms with Gasteiger partial charge in [-0.15, -0.1) is 0 Å². The first-order chi connectivity index (χ1) is 17.5. The molecule has 0 aromatic carbocycles. The second-order valence-corrected chi connectivity index (χ2v) is 12.6. The molecule has 3 aliphatic rings. The molecule has 198 valence electrons. The fraction of sp³-hybridized carbons (Fsp3) is 0.500. The maximum atomic E-state index is 13.5. The zero-order valence-corrected chi connectivity index (χ0v) is 21.4. The van der Waals surface area contributed by atoms with E-state index in [4.69, 9.17) is 0 Å². The monoisotopic (exact) mass is 532 g/mol. The van der Waals surface area contributed by atoms with Crippen LogP contribution in [0.3, 0.4) is 0 Å². The van der Waals surface area contributed by atoms with Gasteiger partial charge in [0.2, 0.25) is 5.91 Å². The van der Waals surface area contributed by atoms with Gasteiger partial charge in [-0.25, -0.2) is 22.2 Å². The van der Waals surface area contributed by atoms with Gasteiger partial charge in [0, 0.05) is 66.9 Å². The third-order valence-electron chi connectivity index (χ3n) is 7.50. The molecule has 4 heterocycles. The molecule has 1 aliphatic carbocycles. The molecule has 0 bridgehead atoms. The largest absolute Gasteiger partial charge is 0.350 e. The number of fused-ring (bicyclic) bond motifs is 1. The number of likely N-dealkylation sites (tertiary alicyclic amines) is 1. The van der Waals surface area contributed by atoms with Crippen LogP contribution in [0.5, 0.6) is 0 Å². The third-order valence-corrected chi connectivity index (χ3v) is 9.22. The van der Waals surface area contributed by atoms with E-state index in [1.54, 1.807) is 12.1 Å². The number of piperidine rings is 1. The van der Waals surface area contributed by atoms with E-state index in [2.05, 4.69) is 10.3 Å². The van der Waals surface area contributed by atoms with Crippen LogP contribution in [0.2, 0.25) is 0 Å². The number of hydrogen-bond acceptors (Lipinski definition) is 5. The van der Waals surface area contributed by atoms with Crippen LogP contribution in [0.15, 0.2) is 42.3 Å². The van der Waals surface area contributed by atoms with Crippen LogP contribution in [-0.4, -0.2) is 71.2 Å². The zero-order valence-electron chi connectivity index (χ0n) is 20.6. The average molecular weight is 533 g/mol. The number of hydrogen-bond donors (Lipinski definition) is 1. The molecule has 1 atom stereocenters. The number of halogens is 2. The molecule has 37 heavy (non-hydrogen) atoms. The molecule has 2 fully saturated rings. The number of rotatable bonds is 4. The quantitative estimate of drug-likeness (QED) is 0.651. The molecule has 1 N–H and O–H groups in total. The van der Waals surface area contributed by atoms with Crippen LogP contribution in [-0.2, 0) is 14.6 Å². The lowest BCUT2D eigenvalue weighted by Crippen LogP contribution is -2.42. The number of pyridine rings is 1. The van der Waals surface area contributed by atoms with Crippen LogP contribution < -0.4 is 5.32 Å². The van der Waals surface area contributed by atoms with Crippen LogP contribution >= 0.6 is 0 Å². The summed E-state index contributed by atoms with van der Waals surface area (Å²) < 4.78 is 52.1. The van der Waals surface area contributed by atoms with E-state index in [-0.39, 0.29) is 61.2 Å². The molecule has 1 unspecified atom stereocenters. The van der Waals surface area contributed by atoms with Crippen molar-refractivity contribution in [3.63, 3.8) is 0 Å². The lowest BCUT2D eigenvalue weighted by molar-refractivity contribution is -0.118. The fourth-order valence-corrected chi connectivity index (χ4v) is 6.71. The number of nitrogens with one attached hydrogen (secondary N) is 1. The summed E-state index contributed by atoms with van der Waals surface area (Å²) in [5.74, 6) is -2.95. The number of carbonyl (C=O) groups is 2. The molecule has 2 aromatic rings. The summed E-state index contributed by atoms with van der Waals surface area (Å²) in [7, 11) is -2.99. The van der Waals surface area contributed by atoms with Gasteiger partial charge in [0.05, 0.1) is 17.1 Å². The van der Waals surface area contributed by atoms with Gasteiger partial charge in [0.25, 0.3) is 11.8 Å². The zero-order chi connectivity index (χ0) is 26.4. The molecule has 0 spiro atoms. The van der Waals surface area contributed by atoms with E-state index < -0.39 is 15.8 Å². The number of nitrogens with zero attached hydrogens (tertiary/aromatic N) is 3. The third kappa shape index (κ3) is 5.46. The molecule has 2 aromatic heterocycles. The molecular weight excluding hydrogens is 502 g/mol. The molecule has 2 aliphatic heterocycles. The van der Waals surface area contributed by atoms with Gasteiger partial charge in [-0.05, 0) is 37.5 Å². The Morgan fingerprint density at radius 2 is 1.84 bits per heavy atom. The normalized spacial score (nSPS) is 23.9.